The number of anilines is 3. The number of carbonyl (C=O) groups excluding carboxylic acids is 1. The summed E-state index contributed by atoms with van der Waals surface area (Å²) in [5, 5.41) is 22.4. The van der Waals surface area contributed by atoms with Gasteiger partial charge < -0.3 is 24.9 Å². The average molecular weight is 465 g/mol. The van der Waals surface area contributed by atoms with Crippen molar-refractivity contribution >= 4 is 29.3 Å². The van der Waals surface area contributed by atoms with Gasteiger partial charge in [-0.2, -0.15) is 0 Å². The lowest BCUT2D eigenvalue weighted by Crippen LogP contribution is -2.16. The summed E-state index contributed by atoms with van der Waals surface area (Å²) in [6.07, 6.45) is 4.08. The van der Waals surface area contributed by atoms with Crippen LogP contribution in [0.15, 0.2) is 52.9 Å². The molecule has 0 saturated heterocycles. The smallest absolute Gasteiger partial charge is 0.320 e. The average Bonchev–Trinajstić information content (AvgIpc) is 3.29. The van der Waals surface area contributed by atoms with E-state index in [0.717, 1.165) is 25.7 Å². The Morgan fingerprint density at radius 2 is 1.82 bits per heavy atom. The molecule has 1 aliphatic carbocycles. The zero-order valence-electron chi connectivity index (χ0n) is 19.0. The van der Waals surface area contributed by atoms with Crippen LogP contribution in [0.5, 0.6) is 5.75 Å². The topological polar surface area (TPSA) is 127 Å². The quantitative estimate of drug-likeness (QED) is 0.394. The van der Waals surface area contributed by atoms with Crippen molar-refractivity contribution in [3.63, 3.8) is 0 Å². The number of carboxylic acid groups (broad SMARTS) is 1. The number of aromatic nitrogens is 2. The van der Waals surface area contributed by atoms with Gasteiger partial charge in [0.1, 0.15) is 5.75 Å². The van der Waals surface area contributed by atoms with Crippen LogP contribution >= 0.6 is 0 Å². The Kier molecular flexibility index (Phi) is 7.41. The van der Waals surface area contributed by atoms with Gasteiger partial charge in [0.05, 0.1) is 6.61 Å². The van der Waals surface area contributed by atoms with Crippen molar-refractivity contribution in [3.05, 3.63) is 60.0 Å². The Bertz CT molecular complexity index is 1120. The fourth-order valence-electron chi connectivity index (χ4n) is 4.29. The van der Waals surface area contributed by atoms with Gasteiger partial charge in [0.25, 0.3) is 0 Å². The van der Waals surface area contributed by atoms with Crippen LogP contribution in [-0.4, -0.2) is 33.8 Å². The number of amides is 1. The van der Waals surface area contributed by atoms with Crippen molar-refractivity contribution in [2.75, 3.05) is 17.2 Å². The first-order chi connectivity index (χ1) is 16.5. The van der Waals surface area contributed by atoms with Gasteiger partial charge >= 0.3 is 23.8 Å². The molecule has 1 amide bonds. The van der Waals surface area contributed by atoms with Crippen molar-refractivity contribution in [2.45, 2.75) is 44.9 Å². The van der Waals surface area contributed by atoms with E-state index in [9.17, 15) is 9.59 Å². The fourth-order valence-corrected chi connectivity index (χ4v) is 4.29. The minimum atomic E-state index is -0.719. The van der Waals surface area contributed by atoms with Crippen LogP contribution in [0.2, 0.25) is 0 Å². The van der Waals surface area contributed by atoms with Crippen LogP contribution in [0.25, 0.3) is 0 Å². The van der Waals surface area contributed by atoms with E-state index in [0.29, 0.717) is 29.6 Å². The Morgan fingerprint density at radius 1 is 1.06 bits per heavy atom. The number of carboxylic acids is 1. The first kappa shape index (κ1) is 23.3. The third-order valence-corrected chi connectivity index (χ3v) is 5.97. The number of benzene rings is 2. The van der Waals surface area contributed by atoms with Crippen LogP contribution in [0.4, 0.5) is 17.4 Å². The van der Waals surface area contributed by atoms with Gasteiger partial charge in [0.15, 0.2) is 0 Å². The third kappa shape index (κ3) is 6.12. The molecule has 0 bridgehead atoms. The molecule has 3 N–H and O–H groups in total. The van der Waals surface area contributed by atoms with Gasteiger partial charge in [-0.3, -0.25) is 9.59 Å². The molecule has 0 unspecified atom stereocenters. The van der Waals surface area contributed by atoms with Crippen LogP contribution < -0.4 is 15.4 Å². The van der Waals surface area contributed by atoms with Crippen molar-refractivity contribution in [1.82, 2.24) is 10.2 Å². The van der Waals surface area contributed by atoms with Gasteiger partial charge in [0, 0.05) is 23.9 Å². The molecule has 0 spiro atoms. The molecule has 2 aromatic carbocycles. The first-order valence-electron chi connectivity index (χ1n) is 11.5. The predicted molar refractivity (Wildman–Crippen MR) is 127 cm³/mol. The highest BCUT2D eigenvalue weighted by Gasteiger charge is 2.24. The zero-order valence-corrected chi connectivity index (χ0v) is 19.0. The van der Waals surface area contributed by atoms with Crippen LogP contribution in [-0.2, 0) is 4.79 Å². The molecule has 0 radical (unpaired) electrons. The molecule has 0 atom stereocenters. The number of nitrogens with one attached hydrogen (secondary N) is 2. The van der Waals surface area contributed by atoms with Crippen molar-refractivity contribution < 1.29 is 23.8 Å². The molecule has 9 heteroatoms. The summed E-state index contributed by atoms with van der Waals surface area (Å²) in [6.45, 7) is 2.47. The highest BCUT2D eigenvalue weighted by Crippen LogP contribution is 2.37. The van der Waals surface area contributed by atoms with E-state index in [1.165, 1.54) is 5.56 Å². The molecule has 0 aliphatic heterocycles. The number of carbonyl (C=O) groups is 2. The predicted octanol–water partition coefficient (Wildman–Crippen LogP) is 5.21. The van der Waals surface area contributed by atoms with Crippen molar-refractivity contribution in [1.29, 1.82) is 0 Å². The lowest BCUT2D eigenvalue weighted by molar-refractivity contribution is -0.138. The minimum Gasteiger partial charge on any atom is -0.494 e. The molecule has 1 aromatic heterocycles. The molecule has 4 rings (SSSR count). The summed E-state index contributed by atoms with van der Waals surface area (Å²) in [4.78, 5) is 23.4. The van der Waals surface area contributed by atoms with Gasteiger partial charge in [-0.15, -0.1) is 5.10 Å². The highest BCUT2D eigenvalue weighted by atomic mass is 16.5. The second-order valence-electron chi connectivity index (χ2n) is 8.39. The summed E-state index contributed by atoms with van der Waals surface area (Å²) >= 11 is 0. The summed E-state index contributed by atoms with van der Waals surface area (Å²) in [7, 11) is 0. The molecule has 1 fully saturated rings. The molecule has 9 nitrogen and oxygen atoms in total. The third-order valence-electron chi connectivity index (χ3n) is 5.97. The van der Waals surface area contributed by atoms with Gasteiger partial charge in [-0.05, 0) is 74.3 Å². The second-order valence-corrected chi connectivity index (χ2v) is 8.39. The van der Waals surface area contributed by atoms with E-state index in [2.05, 4.69) is 20.8 Å². The molecular formula is C25H28N4O5. The van der Waals surface area contributed by atoms with E-state index in [4.69, 9.17) is 14.3 Å². The SMILES string of the molecule is CCOc1cccc(Nc2nnc(C(=O)Nc3ccc([C@H]4CC[C@H](CC(=O)O)CC4)cc3)o2)c1. The van der Waals surface area contributed by atoms with E-state index >= 15 is 0 Å². The van der Waals surface area contributed by atoms with E-state index in [1.807, 2.05) is 49.4 Å². The lowest BCUT2D eigenvalue weighted by Gasteiger charge is -2.28. The normalized spacial score (nSPS) is 17.7. The Labute approximate surface area is 197 Å². The zero-order chi connectivity index (χ0) is 23.9. The monoisotopic (exact) mass is 464 g/mol. The maximum atomic E-state index is 12.5. The first-order valence-corrected chi connectivity index (χ1v) is 11.5. The van der Waals surface area contributed by atoms with E-state index < -0.39 is 11.9 Å². The van der Waals surface area contributed by atoms with Gasteiger partial charge in [-0.1, -0.05) is 23.3 Å². The molecule has 3 aromatic rings. The van der Waals surface area contributed by atoms with Crippen molar-refractivity contribution in [3.8, 4) is 5.75 Å². The van der Waals surface area contributed by atoms with E-state index in [1.54, 1.807) is 6.07 Å². The Hall–Kier alpha value is -3.88. The maximum Gasteiger partial charge on any atom is 0.320 e. The maximum absolute atomic E-state index is 12.5. The number of rotatable bonds is 9. The summed E-state index contributed by atoms with van der Waals surface area (Å²) < 4.78 is 10.9. The Morgan fingerprint density at radius 3 is 2.53 bits per heavy atom. The number of ether oxygens (including phenoxy) is 1. The van der Waals surface area contributed by atoms with Crippen molar-refractivity contribution in [2.24, 2.45) is 5.92 Å². The molecule has 1 heterocycles. The van der Waals surface area contributed by atoms with Crippen LogP contribution in [0.1, 0.15) is 61.2 Å². The largest absolute Gasteiger partial charge is 0.494 e. The summed E-state index contributed by atoms with van der Waals surface area (Å²) in [6, 6.07) is 15.1. The number of hydrogen-bond acceptors (Lipinski definition) is 7. The minimum absolute atomic E-state index is 0.104. The standard InChI is InChI=1S/C25H28N4O5/c1-2-33-21-5-3-4-20(15-21)27-25-29-28-24(34-25)23(32)26-19-12-10-18(11-13-19)17-8-6-16(7-9-17)14-22(30)31/h3-5,10-13,15-17H,2,6-9,14H2,1H3,(H,26,32)(H,27,29)(H,30,31)/t16-,17-. The highest BCUT2D eigenvalue weighted by molar-refractivity contribution is 6.00. The van der Waals surface area contributed by atoms with Gasteiger partial charge in [0.2, 0.25) is 0 Å². The van der Waals surface area contributed by atoms with E-state index in [-0.39, 0.29) is 24.2 Å². The molecule has 178 valence electrons. The van der Waals surface area contributed by atoms with Gasteiger partial charge in [-0.25, -0.2) is 0 Å². The Balaban J connectivity index is 1.31. The number of hydrogen-bond donors (Lipinski definition) is 3. The molecular weight excluding hydrogens is 436 g/mol. The number of aliphatic carboxylic acids is 1. The molecule has 1 aliphatic rings. The fraction of sp³-hybridized carbons (Fsp3) is 0.360. The van der Waals surface area contributed by atoms with Crippen LogP contribution in [0.3, 0.4) is 0 Å². The summed E-state index contributed by atoms with van der Waals surface area (Å²) in [5.74, 6) is 0.0374. The van der Waals surface area contributed by atoms with Crippen LogP contribution in [0, 0.1) is 5.92 Å². The number of nitrogens with zero attached hydrogens (tertiary/aromatic N) is 2. The molecule has 34 heavy (non-hydrogen) atoms. The second kappa shape index (κ2) is 10.8. The summed E-state index contributed by atoms with van der Waals surface area (Å²) in [5.41, 5.74) is 2.53. The molecule has 1 saturated carbocycles. The lowest BCUT2D eigenvalue weighted by atomic mass is 9.77.